The van der Waals surface area contributed by atoms with Crippen LogP contribution in [0.1, 0.15) is 16.7 Å². The van der Waals surface area contributed by atoms with Gasteiger partial charge in [0.15, 0.2) is 0 Å². The average Bonchev–Trinajstić information content (AvgIpc) is 2.78. The highest BCUT2D eigenvalue weighted by Crippen LogP contribution is 2.16. The number of hydrogen-bond acceptors (Lipinski definition) is 3. The van der Waals surface area contributed by atoms with E-state index in [2.05, 4.69) is 5.32 Å². The lowest BCUT2D eigenvalue weighted by Crippen LogP contribution is -2.26. The molecule has 0 atom stereocenters. The third-order valence-electron chi connectivity index (χ3n) is 4.35. The van der Waals surface area contributed by atoms with Gasteiger partial charge in [-0.3, -0.25) is 4.79 Å². The summed E-state index contributed by atoms with van der Waals surface area (Å²) in [4.78, 5) is 12.3. The molecule has 0 fully saturated rings. The molecule has 0 radical (unpaired) electrons. The average molecular weight is 382 g/mol. The molecule has 0 aliphatic carbocycles. The van der Waals surface area contributed by atoms with Gasteiger partial charge in [-0.1, -0.05) is 72.8 Å². The molecule has 144 valence electrons. The fraction of sp³-hybridized carbons (Fsp3) is 0.120. The summed E-state index contributed by atoms with van der Waals surface area (Å²) in [6.45, 7) is 0.970. The topological polar surface area (TPSA) is 62.1 Å². The zero-order valence-electron chi connectivity index (χ0n) is 16.0. The fourth-order valence-electron chi connectivity index (χ4n) is 2.78. The Hall–Kier alpha value is -3.84. The minimum atomic E-state index is -0.368. The fourth-order valence-corrected chi connectivity index (χ4v) is 2.78. The summed E-state index contributed by atoms with van der Waals surface area (Å²) in [6.07, 6.45) is 2.30. The summed E-state index contributed by atoms with van der Waals surface area (Å²) in [5.41, 5.74) is 3.08. The second-order valence-electron chi connectivity index (χ2n) is 6.50. The highest BCUT2D eigenvalue weighted by Gasteiger charge is 2.08. The van der Waals surface area contributed by atoms with Crippen molar-refractivity contribution < 1.29 is 9.53 Å². The molecule has 3 aromatic rings. The first-order valence-corrected chi connectivity index (χ1v) is 9.45. The number of nitriles is 1. The molecule has 1 N–H and O–H groups in total. The van der Waals surface area contributed by atoms with E-state index in [9.17, 15) is 10.1 Å². The first-order chi connectivity index (χ1) is 14.2. The van der Waals surface area contributed by atoms with Gasteiger partial charge in [0.2, 0.25) is 0 Å². The van der Waals surface area contributed by atoms with Crippen LogP contribution >= 0.6 is 0 Å². The molecule has 0 saturated heterocycles. The number of nitrogens with one attached hydrogen (secondary N) is 1. The Bertz CT molecular complexity index is 989. The van der Waals surface area contributed by atoms with Gasteiger partial charge in [-0.2, -0.15) is 5.26 Å². The van der Waals surface area contributed by atoms with Crippen molar-refractivity contribution in [3.63, 3.8) is 0 Å². The minimum Gasteiger partial charge on any atom is -0.489 e. The van der Waals surface area contributed by atoms with Crippen molar-refractivity contribution in [2.45, 2.75) is 13.0 Å². The Labute approximate surface area is 171 Å². The summed E-state index contributed by atoms with van der Waals surface area (Å²) < 4.78 is 5.76. The lowest BCUT2D eigenvalue weighted by Gasteiger charge is -2.07. The first-order valence-electron chi connectivity index (χ1n) is 9.45. The molecule has 0 bridgehead atoms. The van der Waals surface area contributed by atoms with E-state index in [1.54, 1.807) is 6.08 Å². The third kappa shape index (κ3) is 6.37. The Balaban J connectivity index is 1.54. The molecular formula is C25H22N2O2. The van der Waals surface area contributed by atoms with E-state index in [4.69, 9.17) is 4.74 Å². The van der Waals surface area contributed by atoms with E-state index in [1.807, 2.05) is 91.0 Å². The van der Waals surface area contributed by atoms with E-state index in [0.717, 1.165) is 28.9 Å². The van der Waals surface area contributed by atoms with Crippen LogP contribution in [0.15, 0.2) is 90.5 Å². The lowest BCUT2D eigenvalue weighted by molar-refractivity contribution is -0.117. The number of benzene rings is 3. The van der Waals surface area contributed by atoms with Crippen molar-refractivity contribution in [3.05, 3.63) is 107 Å². The molecule has 0 unspecified atom stereocenters. The molecule has 0 saturated carbocycles. The van der Waals surface area contributed by atoms with Crippen molar-refractivity contribution in [2.24, 2.45) is 0 Å². The molecule has 1 amide bonds. The van der Waals surface area contributed by atoms with Crippen LogP contribution in [0.3, 0.4) is 0 Å². The third-order valence-corrected chi connectivity index (χ3v) is 4.35. The molecule has 4 heteroatoms. The van der Waals surface area contributed by atoms with Crippen LogP contribution in [0.5, 0.6) is 5.75 Å². The molecule has 3 aromatic carbocycles. The maximum absolute atomic E-state index is 12.3. The van der Waals surface area contributed by atoms with E-state index in [0.29, 0.717) is 13.2 Å². The molecule has 29 heavy (non-hydrogen) atoms. The standard InChI is InChI=1S/C25H22N2O2/c26-18-23(25(28)27-16-15-20-7-3-1-4-8-20)17-21-11-13-24(14-12-21)29-19-22-9-5-2-6-10-22/h1-14,17H,15-16,19H2,(H,27,28)/b23-17-. The van der Waals surface area contributed by atoms with Gasteiger partial charge >= 0.3 is 0 Å². The van der Waals surface area contributed by atoms with Gasteiger partial charge in [0.25, 0.3) is 5.91 Å². The van der Waals surface area contributed by atoms with Crippen LogP contribution in [0.25, 0.3) is 6.08 Å². The van der Waals surface area contributed by atoms with Gasteiger partial charge < -0.3 is 10.1 Å². The number of carbonyl (C=O) groups excluding carboxylic acids is 1. The monoisotopic (exact) mass is 382 g/mol. The Morgan fingerprint density at radius 3 is 2.14 bits per heavy atom. The highest BCUT2D eigenvalue weighted by atomic mass is 16.5. The highest BCUT2D eigenvalue weighted by molar-refractivity contribution is 6.01. The second kappa shape index (κ2) is 10.5. The van der Waals surface area contributed by atoms with Crippen LogP contribution in [0, 0.1) is 11.3 Å². The molecule has 0 aliphatic rings. The first kappa shape index (κ1) is 19.9. The van der Waals surface area contributed by atoms with Crippen molar-refractivity contribution in [2.75, 3.05) is 6.54 Å². The summed E-state index contributed by atoms with van der Waals surface area (Å²) in [7, 11) is 0. The van der Waals surface area contributed by atoms with E-state index in [1.165, 1.54) is 0 Å². The second-order valence-corrected chi connectivity index (χ2v) is 6.50. The lowest BCUT2D eigenvalue weighted by atomic mass is 10.1. The Morgan fingerprint density at radius 1 is 0.897 bits per heavy atom. The summed E-state index contributed by atoms with van der Waals surface area (Å²) >= 11 is 0. The number of carbonyl (C=O) groups is 1. The zero-order valence-corrected chi connectivity index (χ0v) is 16.0. The van der Waals surface area contributed by atoms with Crippen molar-refractivity contribution in [3.8, 4) is 11.8 Å². The summed E-state index contributed by atoms with van der Waals surface area (Å²) in [6, 6.07) is 29.1. The maximum Gasteiger partial charge on any atom is 0.261 e. The maximum atomic E-state index is 12.3. The van der Waals surface area contributed by atoms with E-state index < -0.39 is 0 Å². The number of hydrogen-bond donors (Lipinski definition) is 1. The Morgan fingerprint density at radius 2 is 1.52 bits per heavy atom. The molecule has 0 aromatic heterocycles. The summed E-state index contributed by atoms with van der Waals surface area (Å²) in [5.74, 6) is 0.365. The van der Waals surface area contributed by atoms with E-state index in [-0.39, 0.29) is 11.5 Å². The predicted octanol–water partition coefficient (Wildman–Crippen LogP) is 4.53. The molecular weight excluding hydrogens is 360 g/mol. The normalized spacial score (nSPS) is 10.8. The number of amides is 1. The van der Waals surface area contributed by atoms with Gasteiger partial charge in [0.05, 0.1) is 0 Å². The number of rotatable bonds is 8. The van der Waals surface area contributed by atoms with Crippen molar-refractivity contribution in [1.82, 2.24) is 5.32 Å². The minimum absolute atomic E-state index is 0.0796. The Kier molecular flexibility index (Phi) is 7.20. The van der Waals surface area contributed by atoms with Crippen LogP contribution in [-0.4, -0.2) is 12.5 Å². The van der Waals surface area contributed by atoms with Crippen LogP contribution in [0.4, 0.5) is 0 Å². The molecule has 0 aliphatic heterocycles. The van der Waals surface area contributed by atoms with E-state index >= 15 is 0 Å². The zero-order chi connectivity index (χ0) is 20.3. The SMILES string of the molecule is N#C/C(=C/c1ccc(OCc2ccccc2)cc1)C(=O)NCCc1ccccc1. The molecule has 4 nitrogen and oxygen atoms in total. The number of ether oxygens (including phenoxy) is 1. The van der Waals surface area contributed by atoms with Gasteiger partial charge in [-0.05, 0) is 41.3 Å². The quantitative estimate of drug-likeness (QED) is 0.460. The molecule has 0 spiro atoms. The van der Waals surface area contributed by atoms with Crippen molar-refractivity contribution in [1.29, 1.82) is 5.26 Å². The van der Waals surface area contributed by atoms with Gasteiger partial charge in [0.1, 0.15) is 24.0 Å². The molecule has 3 rings (SSSR count). The van der Waals surface area contributed by atoms with Crippen molar-refractivity contribution >= 4 is 12.0 Å². The molecule has 0 heterocycles. The largest absolute Gasteiger partial charge is 0.489 e. The van der Waals surface area contributed by atoms with Gasteiger partial charge in [0, 0.05) is 6.54 Å². The van der Waals surface area contributed by atoms with Crippen LogP contribution < -0.4 is 10.1 Å². The summed E-state index contributed by atoms with van der Waals surface area (Å²) in [5, 5.41) is 12.1. The number of nitrogens with zero attached hydrogens (tertiary/aromatic N) is 1. The smallest absolute Gasteiger partial charge is 0.261 e. The van der Waals surface area contributed by atoms with Crippen LogP contribution in [0.2, 0.25) is 0 Å². The van der Waals surface area contributed by atoms with Gasteiger partial charge in [-0.25, -0.2) is 0 Å². The van der Waals surface area contributed by atoms with Gasteiger partial charge in [-0.15, -0.1) is 0 Å². The predicted molar refractivity (Wildman–Crippen MR) is 114 cm³/mol. The van der Waals surface area contributed by atoms with Crippen LogP contribution in [-0.2, 0) is 17.8 Å².